The minimum absolute atomic E-state index is 0.711. The summed E-state index contributed by atoms with van der Waals surface area (Å²) in [6, 6.07) is 5.61. The first kappa shape index (κ1) is 8.25. The van der Waals surface area contributed by atoms with E-state index in [0.29, 0.717) is 5.69 Å². The number of halogens is 1. The fourth-order valence-electron chi connectivity index (χ4n) is 1.02. The molecule has 1 aromatic carbocycles. The van der Waals surface area contributed by atoms with Gasteiger partial charge < -0.3 is 5.73 Å². The molecule has 0 radical (unpaired) electrons. The van der Waals surface area contributed by atoms with E-state index in [0.717, 1.165) is 15.9 Å². The Morgan fingerprint density at radius 1 is 1.38 bits per heavy atom. The summed E-state index contributed by atoms with van der Waals surface area (Å²) in [5, 5.41) is 6.55. The first-order chi connectivity index (χ1) is 6.27. The smallest absolute Gasteiger partial charge is 0.155 e. The Balaban J connectivity index is 2.49. The molecule has 1 aromatic heterocycles. The molecule has 1 heterocycles. The molecule has 0 atom stereocenters. The third-order valence-corrected chi connectivity index (χ3v) is 2.38. The second-order valence-electron chi connectivity index (χ2n) is 2.57. The van der Waals surface area contributed by atoms with Gasteiger partial charge in [0.2, 0.25) is 0 Å². The van der Waals surface area contributed by atoms with Gasteiger partial charge in [-0.3, -0.25) is 5.10 Å². The molecule has 0 unspecified atom stereocenters. The molecule has 5 heteroatoms. The van der Waals surface area contributed by atoms with Crippen molar-refractivity contribution in [3.05, 3.63) is 29.0 Å². The van der Waals surface area contributed by atoms with E-state index in [-0.39, 0.29) is 0 Å². The zero-order valence-electron chi connectivity index (χ0n) is 6.66. The second kappa shape index (κ2) is 3.18. The van der Waals surface area contributed by atoms with Crippen LogP contribution in [-0.2, 0) is 0 Å². The number of aromatic nitrogens is 3. The van der Waals surface area contributed by atoms with Crippen molar-refractivity contribution in [1.29, 1.82) is 0 Å². The number of nitrogen functional groups attached to an aromatic ring is 1. The maximum Gasteiger partial charge on any atom is 0.155 e. The largest absolute Gasteiger partial charge is 0.398 e. The SMILES string of the molecule is Nc1ccc(-c2ncn[nH]2)cc1Br. The third kappa shape index (κ3) is 1.55. The minimum atomic E-state index is 0.711. The van der Waals surface area contributed by atoms with Gasteiger partial charge in [0.05, 0.1) is 0 Å². The van der Waals surface area contributed by atoms with Crippen molar-refractivity contribution in [2.45, 2.75) is 0 Å². The standard InChI is InChI=1S/C8H7BrN4/c9-6-3-5(1-2-7(6)10)8-11-4-12-13-8/h1-4H,10H2,(H,11,12,13). The number of rotatable bonds is 1. The van der Waals surface area contributed by atoms with Crippen molar-refractivity contribution in [1.82, 2.24) is 15.2 Å². The highest BCUT2D eigenvalue weighted by Gasteiger charge is 2.02. The highest BCUT2D eigenvalue weighted by Crippen LogP contribution is 2.24. The van der Waals surface area contributed by atoms with E-state index in [4.69, 9.17) is 5.73 Å². The molecule has 4 nitrogen and oxygen atoms in total. The van der Waals surface area contributed by atoms with Gasteiger partial charge in [-0.1, -0.05) is 0 Å². The first-order valence-corrected chi connectivity index (χ1v) is 4.47. The van der Waals surface area contributed by atoms with Gasteiger partial charge in [-0.05, 0) is 34.1 Å². The predicted octanol–water partition coefficient (Wildman–Crippen LogP) is 1.82. The summed E-state index contributed by atoms with van der Waals surface area (Å²) in [4.78, 5) is 4.03. The molecule has 13 heavy (non-hydrogen) atoms. The van der Waals surface area contributed by atoms with Gasteiger partial charge in [-0.2, -0.15) is 5.10 Å². The van der Waals surface area contributed by atoms with Crippen LogP contribution in [-0.4, -0.2) is 15.2 Å². The van der Waals surface area contributed by atoms with E-state index in [9.17, 15) is 0 Å². The Kier molecular flexibility index (Phi) is 2.02. The van der Waals surface area contributed by atoms with Crippen molar-refractivity contribution in [3.8, 4) is 11.4 Å². The van der Waals surface area contributed by atoms with Crippen molar-refractivity contribution >= 4 is 21.6 Å². The molecule has 0 bridgehead atoms. The third-order valence-electron chi connectivity index (χ3n) is 1.69. The normalized spacial score (nSPS) is 10.2. The molecule has 0 aliphatic heterocycles. The average molecular weight is 239 g/mol. The Morgan fingerprint density at radius 3 is 2.85 bits per heavy atom. The van der Waals surface area contributed by atoms with Crippen molar-refractivity contribution in [3.63, 3.8) is 0 Å². The van der Waals surface area contributed by atoms with Crippen LogP contribution in [0.15, 0.2) is 29.0 Å². The average Bonchev–Trinajstić information content (AvgIpc) is 2.62. The highest BCUT2D eigenvalue weighted by atomic mass is 79.9. The van der Waals surface area contributed by atoms with E-state index >= 15 is 0 Å². The fourth-order valence-corrected chi connectivity index (χ4v) is 1.40. The summed E-state index contributed by atoms with van der Waals surface area (Å²) < 4.78 is 0.862. The number of benzene rings is 1. The van der Waals surface area contributed by atoms with Crippen LogP contribution < -0.4 is 5.73 Å². The molecule has 0 saturated carbocycles. The molecular formula is C8H7BrN4. The van der Waals surface area contributed by atoms with E-state index in [1.807, 2.05) is 18.2 Å². The number of hydrogen-bond acceptors (Lipinski definition) is 3. The Morgan fingerprint density at radius 2 is 2.23 bits per heavy atom. The topological polar surface area (TPSA) is 67.6 Å². The number of hydrogen-bond donors (Lipinski definition) is 2. The summed E-state index contributed by atoms with van der Waals surface area (Å²) in [5.74, 6) is 0.737. The lowest BCUT2D eigenvalue weighted by molar-refractivity contribution is 1.09. The van der Waals surface area contributed by atoms with E-state index in [2.05, 4.69) is 31.1 Å². The van der Waals surface area contributed by atoms with Crippen LogP contribution in [0.3, 0.4) is 0 Å². The number of nitrogens with two attached hydrogens (primary N) is 1. The minimum Gasteiger partial charge on any atom is -0.398 e. The van der Waals surface area contributed by atoms with Crippen molar-refractivity contribution in [2.75, 3.05) is 5.73 Å². The van der Waals surface area contributed by atoms with Crippen molar-refractivity contribution in [2.24, 2.45) is 0 Å². The van der Waals surface area contributed by atoms with Gasteiger partial charge in [0.25, 0.3) is 0 Å². The van der Waals surface area contributed by atoms with E-state index < -0.39 is 0 Å². The highest BCUT2D eigenvalue weighted by molar-refractivity contribution is 9.10. The van der Waals surface area contributed by atoms with Crippen LogP contribution >= 0.6 is 15.9 Å². The summed E-state index contributed by atoms with van der Waals surface area (Å²) in [6.07, 6.45) is 1.47. The van der Waals surface area contributed by atoms with E-state index in [1.54, 1.807) is 0 Å². The van der Waals surface area contributed by atoms with Gasteiger partial charge in [-0.25, -0.2) is 4.98 Å². The number of H-pyrrole nitrogens is 1. The van der Waals surface area contributed by atoms with Crippen LogP contribution in [0, 0.1) is 0 Å². The van der Waals surface area contributed by atoms with Crippen LogP contribution in [0.5, 0.6) is 0 Å². The quantitative estimate of drug-likeness (QED) is 0.745. The van der Waals surface area contributed by atoms with Crippen LogP contribution in [0.25, 0.3) is 11.4 Å². The predicted molar refractivity (Wildman–Crippen MR) is 53.9 cm³/mol. The summed E-state index contributed by atoms with van der Waals surface area (Å²) in [6.45, 7) is 0. The second-order valence-corrected chi connectivity index (χ2v) is 3.42. The molecule has 2 rings (SSSR count). The molecule has 66 valence electrons. The molecule has 0 fully saturated rings. The maximum atomic E-state index is 5.65. The molecule has 0 amide bonds. The van der Waals surface area contributed by atoms with Crippen LogP contribution in [0.2, 0.25) is 0 Å². The molecule has 0 aliphatic carbocycles. The summed E-state index contributed by atoms with van der Waals surface area (Å²) in [5.41, 5.74) is 7.32. The van der Waals surface area contributed by atoms with E-state index in [1.165, 1.54) is 6.33 Å². The number of anilines is 1. The Bertz CT molecular complexity index is 410. The van der Waals surface area contributed by atoms with Crippen LogP contribution in [0.4, 0.5) is 5.69 Å². The van der Waals surface area contributed by atoms with Gasteiger partial charge in [-0.15, -0.1) is 0 Å². The molecule has 0 saturated heterocycles. The zero-order valence-corrected chi connectivity index (χ0v) is 8.25. The number of nitrogens with one attached hydrogen (secondary N) is 1. The number of aromatic amines is 1. The lowest BCUT2D eigenvalue weighted by atomic mass is 10.2. The van der Waals surface area contributed by atoms with Gasteiger partial charge in [0.15, 0.2) is 5.82 Å². The summed E-state index contributed by atoms with van der Waals surface area (Å²) >= 11 is 3.34. The molecule has 2 aromatic rings. The van der Waals surface area contributed by atoms with Gasteiger partial charge >= 0.3 is 0 Å². The van der Waals surface area contributed by atoms with Crippen molar-refractivity contribution < 1.29 is 0 Å². The molecule has 3 N–H and O–H groups in total. The Hall–Kier alpha value is -1.36. The molecule has 0 spiro atoms. The van der Waals surface area contributed by atoms with Gasteiger partial charge in [0.1, 0.15) is 6.33 Å². The molecule has 0 aliphatic rings. The lowest BCUT2D eigenvalue weighted by Gasteiger charge is -1.99. The zero-order chi connectivity index (χ0) is 9.26. The first-order valence-electron chi connectivity index (χ1n) is 3.68. The number of nitrogens with zero attached hydrogens (tertiary/aromatic N) is 2. The lowest BCUT2D eigenvalue weighted by Crippen LogP contribution is -1.87. The maximum absolute atomic E-state index is 5.65. The van der Waals surface area contributed by atoms with Crippen LogP contribution in [0.1, 0.15) is 0 Å². The monoisotopic (exact) mass is 238 g/mol. The fraction of sp³-hybridized carbons (Fsp3) is 0. The molecular weight excluding hydrogens is 232 g/mol. The summed E-state index contributed by atoms with van der Waals surface area (Å²) in [7, 11) is 0. The van der Waals surface area contributed by atoms with Gasteiger partial charge in [0, 0.05) is 15.7 Å². The Labute approximate surface area is 83.3 Å².